The number of hydrogen-bond acceptors (Lipinski definition) is 2. The molecule has 0 amide bonds. The van der Waals surface area contributed by atoms with Crippen molar-refractivity contribution in [2.45, 2.75) is 27.3 Å². The molecule has 0 radical (unpaired) electrons. The van der Waals surface area contributed by atoms with Gasteiger partial charge in [-0.1, -0.05) is 0 Å². The second-order valence-corrected chi connectivity index (χ2v) is 4.83. The molecule has 0 aliphatic heterocycles. The number of halogens is 1. The smallest absolute Gasteiger partial charge is 0.174 e. The summed E-state index contributed by atoms with van der Waals surface area (Å²) in [5.41, 5.74) is 1.28. The zero-order valence-corrected chi connectivity index (χ0v) is 12.9. The van der Waals surface area contributed by atoms with E-state index in [1.54, 1.807) is 0 Å². The van der Waals surface area contributed by atoms with Gasteiger partial charge in [0, 0.05) is 5.56 Å². The molecule has 0 saturated heterocycles. The predicted molar refractivity (Wildman–Crippen MR) is 77.7 cm³/mol. The number of quaternary nitrogens is 1. The molecule has 0 heterocycles. The highest BCUT2D eigenvalue weighted by atomic mass is 127. The summed E-state index contributed by atoms with van der Waals surface area (Å²) >= 11 is 2.31. The van der Waals surface area contributed by atoms with Gasteiger partial charge in [0.2, 0.25) is 0 Å². The van der Waals surface area contributed by atoms with E-state index in [-0.39, 0.29) is 0 Å². The second kappa shape index (κ2) is 7.76. The minimum atomic E-state index is 0.663. The van der Waals surface area contributed by atoms with E-state index in [4.69, 9.17) is 9.47 Å². The molecular weight excluding hydrogens is 329 g/mol. The van der Waals surface area contributed by atoms with E-state index in [1.807, 2.05) is 13.8 Å². The van der Waals surface area contributed by atoms with Gasteiger partial charge in [-0.15, -0.1) is 0 Å². The van der Waals surface area contributed by atoms with Crippen molar-refractivity contribution in [3.8, 4) is 11.5 Å². The zero-order chi connectivity index (χ0) is 12.7. The lowest BCUT2D eigenvalue weighted by atomic mass is 10.2. The Morgan fingerprint density at radius 3 is 2.41 bits per heavy atom. The molecule has 1 aromatic rings. The molecule has 0 fully saturated rings. The Morgan fingerprint density at radius 2 is 1.82 bits per heavy atom. The average Bonchev–Trinajstić information content (AvgIpc) is 2.31. The fourth-order valence-electron chi connectivity index (χ4n) is 1.60. The summed E-state index contributed by atoms with van der Waals surface area (Å²) in [5.74, 6) is 1.73. The summed E-state index contributed by atoms with van der Waals surface area (Å²) in [7, 11) is 0. The van der Waals surface area contributed by atoms with Gasteiger partial charge in [-0.2, -0.15) is 0 Å². The maximum absolute atomic E-state index is 5.65. The van der Waals surface area contributed by atoms with Gasteiger partial charge in [0.15, 0.2) is 11.5 Å². The fraction of sp³-hybridized carbons (Fsp3) is 0.538. The molecule has 0 unspecified atom stereocenters. The Hall–Kier alpha value is -0.490. The normalized spacial score (nSPS) is 10.4. The van der Waals surface area contributed by atoms with Gasteiger partial charge in [0.05, 0.1) is 23.3 Å². The molecule has 0 aromatic heterocycles. The third-order valence-electron chi connectivity index (χ3n) is 2.33. The van der Waals surface area contributed by atoms with Crippen molar-refractivity contribution >= 4 is 22.6 Å². The summed E-state index contributed by atoms with van der Waals surface area (Å²) in [6.07, 6.45) is 0. The van der Waals surface area contributed by atoms with Crippen LogP contribution in [0.1, 0.15) is 26.3 Å². The molecule has 0 atom stereocenters. The van der Waals surface area contributed by atoms with Crippen molar-refractivity contribution in [1.29, 1.82) is 0 Å². The first-order valence-electron chi connectivity index (χ1n) is 6.12. The molecule has 17 heavy (non-hydrogen) atoms. The first-order valence-corrected chi connectivity index (χ1v) is 7.20. The quantitative estimate of drug-likeness (QED) is 0.765. The van der Waals surface area contributed by atoms with E-state index in [9.17, 15) is 0 Å². The first-order chi connectivity index (χ1) is 8.22. The summed E-state index contributed by atoms with van der Waals surface area (Å²) in [5, 5.41) is 2.27. The summed E-state index contributed by atoms with van der Waals surface area (Å²) in [4.78, 5) is 0. The van der Waals surface area contributed by atoms with Crippen LogP contribution in [0.25, 0.3) is 0 Å². The van der Waals surface area contributed by atoms with Crippen LogP contribution in [-0.2, 0) is 6.54 Å². The van der Waals surface area contributed by atoms with Crippen LogP contribution in [0.2, 0.25) is 0 Å². The molecule has 2 N–H and O–H groups in total. The van der Waals surface area contributed by atoms with Crippen molar-refractivity contribution < 1.29 is 14.8 Å². The number of nitrogens with two attached hydrogens (primary N) is 1. The van der Waals surface area contributed by atoms with Crippen LogP contribution >= 0.6 is 22.6 Å². The average molecular weight is 350 g/mol. The van der Waals surface area contributed by atoms with Gasteiger partial charge in [-0.05, 0) is 55.5 Å². The van der Waals surface area contributed by atoms with E-state index < -0.39 is 0 Å². The van der Waals surface area contributed by atoms with E-state index in [0.29, 0.717) is 13.2 Å². The van der Waals surface area contributed by atoms with Crippen LogP contribution in [0.15, 0.2) is 12.1 Å². The minimum absolute atomic E-state index is 0.663. The number of ether oxygens (including phenoxy) is 2. The Bertz CT molecular complexity index is 356. The largest absolute Gasteiger partial charge is 0.490 e. The Labute approximate surface area is 117 Å². The van der Waals surface area contributed by atoms with Crippen LogP contribution in [0.5, 0.6) is 11.5 Å². The topological polar surface area (TPSA) is 35.1 Å². The zero-order valence-electron chi connectivity index (χ0n) is 10.8. The monoisotopic (exact) mass is 350 g/mol. The molecule has 1 aromatic carbocycles. The molecule has 0 saturated carbocycles. The lowest BCUT2D eigenvalue weighted by Crippen LogP contribution is -2.81. The van der Waals surface area contributed by atoms with Crippen LogP contribution in [0.4, 0.5) is 0 Å². The van der Waals surface area contributed by atoms with E-state index in [2.05, 4.69) is 47.0 Å². The third kappa shape index (κ3) is 4.35. The highest BCUT2D eigenvalue weighted by Crippen LogP contribution is 2.34. The van der Waals surface area contributed by atoms with Crippen molar-refractivity contribution in [1.82, 2.24) is 0 Å². The van der Waals surface area contributed by atoms with Crippen molar-refractivity contribution in [3.63, 3.8) is 0 Å². The number of benzene rings is 1. The van der Waals surface area contributed by atoms with Crippen LogP contribution in [-0.4, -0.2) is 19.8 Å². The molecule has 0 aliphatic rings. The second-order valence-electron chi connectivity index (χ2n) is 3.67. The lowest BCUT2D eigenvalue weighted by molar-refractivity contribution is -0.667. The van der Waals surface area contributed by atoms with E-state index >= 15 is 0 Å². The predicted octanol–water partition coefficient (Wildman–Crippen LogP) is 2.17. The standard InChI is InChI=1S/C13H20INO2/c1-4-15-9-10-7-11(14)13(17-6-3)12(8-10)16-5-2/h7-8,15H,4-6,9H2,1-3H3/p+1. The fourth-order valence-corrected chi connectivity index (χ4v) is 2.42. The Kier molecular flexibility index (Phi) is 6.65. The van der Waals surface area contributed by atoms with Crippen LogP contribution in [0, 0.1) is 3.57 Å². The molecule has 96 valence electrons. The molecule has 0 bridgehead atoms. The minimum Gasteiger partial charge on any atom is -0.490 e. The van der Waals surface area contributed by atoms with Crippen molar-refractivity contribution in [3.05, 3.63) is 21.3 Å². The van der Waals surface area contributed by atoms with Gasteiger partial charge >= 0.3 is 0 Å². The molecule has 1 rings (SSSR count). The van der Waals surface area contributed by atoms with E-state index in [1.165, 1.54) is 5.56 Å². The van der Waals surface area contributed by atoms with Gasteiger partial charge in [0.1, 0.15) is 6.54 Å². The van der Waals surface area contributed by atoms with Gasteiger partial charge < -0.3 is 14.8 Å². The Balaban J connectivity index is 2.97. The summed E-state index contributed by atoms with van der Waals surface area (Å²) in [6.45, 7) is 9.54. The Morgan fingerprint density at radius 1 is 1.12 bits per heavy atom. The van der Waals surface area contributed by atoms with Gasteiger partial charge in [-0.25, -0.2) is 0 Å². The highest BCUT2D eigenvalue weighted by Gasteiger charge is 2.12. The van der Waals surface area contributed by atoms with Crippen molar-refractivity contribution in [2.75, 3.05) is 19.8 Å². The molecular formula is C13H21INO2+. The SMILES string of the molecule is CC[NH2+]Cc1cc(I)c(OCC)c(OCC)c1. The molecule has 0 spiro atoms. The van der Waals surface area contributed by atoms with Crippen LogP contribution in [0.3, 0.4) is 0 Å². The van der Waals surface area contributed by atoms with E-state index in [0.717, 1.165) is 28.2 Å². The van der Waals surface area contributed by atoms with Gasteiger partial charge in [0.25, 0.3) is 0 Å². The maximum atomic E-state index is 5.65. The third-order valence-corrected chi connectivity index (χ3v) is 3.13. The molecule has 0 aliphatic carbocycles. The molecule has 4 heteroatoms. The molecule has 3 nitrogen and oxygen atoms in total. The van der Waals surface area contributed by atoms with Gasteiger partial charge in [-0.3, -0.25) is 0 Å². The first kappa shape index (κ1) is 14.6. The van der Waals surface area contributed by atoms with Crippen LogP contribution < -0.4 is 14.8 Å². The number of rotatable bonds is 7. The summed E-state index contributed by atoms with van der Waals surface area (Å²) < 4.78 is 12.4. The maximum Gasteiger partial charge on any atom is 0.174 e. The summed E-state index contributed by atoms with van der Waals surface area (Å²) in [6, 6.07) is 4.25. The lowest BCUT2D eigenvalue weighted by Gasteiger charge is -2.14. The highest BCUT2D eigenvalue weighted by molar-refractivity contribution is 14.1. The van der Waals surface area contributed by atoms with Crippen molar-refractivity contribution in [2.24, 2.45) is 0 Å². The number of hydrogen-bond donors (Lipinski definition) is 1.